The van der Waals surface area contributed by atoms with Crippen molar-refractivity contribution in [2.45, 2.75) is 18.3 Å². The van der Waals surface area contributed by atoms with E-state index in [1.165, 1.54) is 0 Å². The summed E-state index contributed by atoms with van der Waals surface area (Å²) in [5.74, 6) is -3.67. The van der Waals surface area contributed by atoms with Crippen molar-refractivity contribution in [2.24, 2.45) is 0 Å². The second-order valence-corrected chi connectivity index (χ2v) is 1.48. The van der Waals surface area contributed by atoms with Gasteiger partial charge in [0.05, 0.1) is 0 Å². The molecule has 1 saturated carbocycles. The van der Waals surface area contributed by atoms with E-state index in [0.29, 0.717) is 0 Å². The Hall–Kier alpha value is 1.36. The molecule has 8 heavy (non-hydrogen) atoms. The fourth-order valence-corrected chi connectivity index (χ4v) is 0.255. The summed E-state index contributed by atoms with van der Waals surface area (Å²) in [5, 5.41) is 0. The van der Waals surface area contributed by atoms with Crippen LogP contribution >= 0.6 is 0 Å². The Balaban J connectivity index is 0. The number of halogens is 4. The fourth-order valence-electron chi connectivity index (χ4n) is 0.255. The molecule has 2 atom stereocenters. The van der Waals surface area contributed by atoms with Gasteiger partial charge in [0.15, 0.2) is 0 Å². The van der Waals surface area contributed by atoms with Gasteiger partial charge in [-0.05, 0) is 0 Å². The molecule has 0 heterocycles. The van der Waals surface area contributed by atoms with Crippen molar-refractivity contribution in [1.82, 2.24) is 0 Å². The van der Waals surface area contributed by atoms with Crippen LogP contribution in [-0.2, 0) is 0 Å². The van der Waals surface area contributed by atoms with Crippen molar-refractivity contribution >= 4 is 0 Å². The first-order valence-electron chi connectivity index (χ1n) is 1.73. The van der Waals surface area contributed by atoms with Gasteiger partial charge in [-0.1, -0.05) is 0 Å². The van der Waals surface area contributed by atoms with Gasteiger partial charge >= 0.3 is 57.3 Å². The van der Waals surface area contributed by atoms with E-state index in [-0.39, 0.29) is 52.8 Å². The smallest absolute Gasteiger partial charge is 1.00 e. The molecule has 0 aromatic rings. The zero-order valence-electron chi connectivity index (χ0n) is 5.17. The minimum absolute atomic E-state index is 0. The van der Waals surface area contributed by atoms with Crippen molar-refractivity contribution in [1.29, 1.82) is 0 Å². The van der Waals surface area contributed by atoms with Crippen LogP contribution in [0.3, 0.4) is 0 Å². The van der Waals surface area contributed by atoms with Crippen LogP contribution in [0.15, 0.2) is 0 Å². The summed E-state index contributed by atoms with van der Waals surface area (Å²) in [5.41, 5.74) is 0. The molecule has 0 nitrogen and oxygen atoms in total. The van der Waals surface area contributed by atoms with Gasteiger partial charge in [-0.2, -0.15) is 8.78 Å². The molecular weight excluding hydrogens is 151 g/mol. The largest absolute Gasteiger partial charge is 1.00 e. The number of alkyl halides is 4. The van der Waals surface area contributed by atoms with Crippen LogP contribution in [0.4, 0.5) is 17.6 Å². The SMILES string of the molecule is FC1C(F)C1(F)F.[H-].[K+]. The van der Waals surface area contributed by atoms with E-state index < -0.39 is 18.3 Å². The summed E-state index contributed by atoms with van der Waals surface area (Å²) in [6.45, 7) is 0. The molecular formula is C3H3F4K. The van der Waals surface area contributed by atoms with Crippen molar-refractivity contribution in [3.63, 3.8) is 0 Å². The molecule has 44 valence electrons. The third kappa shape index (κ3) is 1.26. The molecule has 1 fully saturated rings. The molecule has 0 aromatic heterocycles. The monoisotopic (exact) mass is 154 g/mol. The summed E-state index contributed by atoms with van der Waals surface area (Å²) in [6.07, 6.45) is -5.07. The zero-order chi connectivity index (χ0) is 5.65. The third-order valence-corrected chi connectivity index (χ3v) is 0.883. The Morgan fingerprint density at radius 2 is 1.25 bits per heavy atom. The minimum Gasteiger partial charge on any atom is -1.00 e. The van der Waals surface area contributed by atoms with Crippen LogP contribution in [0.2, 0.25) is 0 Å². The van der Waals surface area contributed by atoms with Crippen LogP contribution in [0.5, 0.6) is 0 Å². The first-order valence-corrected chi connectivity index (χ1v) is 1.73. The third-order valence-electron chi connectivity index (χ3n) is 0.883. The second kappa shape index (κ2) is 2.53. The quantitative estimate of drug-likeness (QED) is 0.292. The average molecular weight is 154 g/mol. The van der Waals surface area contributed by atoms with Gasteiger partial charge in [-0.3, -0.25) is 0 Å². The molecule has 1 aliphatic carbocycles. The maximum absolute atomic E-state index is 11.2. The Bertz CT molecular complexity index is 87.8. The zero-order valence-corrected chi connectivity index (χ0v) is 7.29. The van der Waals surface area contributed by atoms with E-state index >= 15 is 0 Å². The van der Waals surface area contributed by atoms with Crippen LogP contribution < -0.4 is 51.4 Å². The fraction of sp³-hybridized carbons (Fsp3) is 1.00. The van der Waals surface area contributed by atoms with E-state index in [1.807, 2.05) is 0 Å². The van der Waals surface area contributed by atoms with E-state index in [0.717, 1.165) is 0 Å². The average Bonchev–Trinajstić information content (AvgIpc) is 1.91. The van der Waals surface area contributed by atoms with Crippen LogP contribution in [0.1, 0.15) is 1.43 Å². The molecule has 0 amide bonds. The standard InChI is InChI=1S/C3H2F4.K.H/c4-1-2(5)3(1,6)7;;/h1-2H;;/q;+1;-1. The first-order chi connectivity index (χ1) is 3.07. The van der Waals surface area contributed by atoms with Gasteiger partial charge in [-0.25, -0.2) is 8.78 Å². The Kier molecular flexibility index (Phi) is 2.96. The summed E-state index contributed by atoms with van der Waals surface area (Å²) < 4.78 is 44.7. The first kappa shape index (κ1) is 9.36. The van der Waals surface area contributed by atoms with Crippen LogP contribution in [0, 0.1) is 0 Å². The van der Waals surface area contributed by atoms with E-state index in [9.17, 15) is 17.6 Å². The molecule has 0 bridgehead atoms. The van der Waals surface area contributed by atoms with Crippen LogP contribution in [0.25, 0.3) is 0 Å². The summed E-state index contributed by atoms with van der Waals surface area (Å²) in [4.78, 5) is 0. The van der Waals surface area contributed by atoms with Gasteiger partial charge in [-0.15, -0.1) is 0 Å². The molecule has 1 rings (SSSR count). The minimum atomic E-state index is -3.67. The predicted molar refractivity (Wildman–Crippen MR) is 15.9 cm³/mol. The van der Waals surface area contributed by atoms with Gasteiger partial charge in [0.2, 0.25) is 12.3 Å². The van der Waals surface area contributed by atoms with E-state index in [1.54, 1.807) is 0 Å². The van der Waals surface area contributed by atoms with Gasteiger partial charge in [0.1, 0.15) is 0 Å². The van der Waals surface area contributed by atoms with Crippen molar-refractivity contribution < 1.29 is 70.4 Å². The normalized spacial score (nSPS) is 40.5. The molecule has 0 aliphatic heterocycles. The molecule has 0 saturated heterocycles. The van der Waals surface area contributed by atoms with Crippen molar-refractivity contribution in [3.8, 4) is 0 Å². The summed E-state index contributed by atoms with van der Waals surface area (Å²) in [7, 11) is 0. The number of hydrogen-bond donors (Lipinski definition) is 0. The van der Waals surface area contributed by atoms with Crippen LogP contribution in [-0.4, -0.2) is 18.3 Å². The second-order valence-electron chi connectivity index (χ2n) is 1.48. The van der Waals surface area contributed by atoms with Crippen molar-refractivity contribution in [2.75, 3.05) is 0 Å². The molecule has 0 aromatic carbocycles. The van der Waals surface area contributed by atoms with Crippen molar-refractivity contribution in [3.05, 3.63) is 0 Å². The molecule has 0 radical (unpaired) electrons. The summed E-state index contributed by atoms with van der Waals surface area (Å²) >= 11 is 0. The Labute approximate surface area is 87.5 Å². The molecule has 0 spiro atoms. The van der Waals surface area contributed by atoms with Gasteiger partial charge < -0.3 is 1.43 Å². The topological polar surface area (TPSA) is 0 Å². The number of hydrogen-bond acceptors (Lipinski definition) is 0. The molecule has 0 N–H and O–H groups in total. The maximum atomic E-state index is 11.2. The maximum Gasteiger partial charge on any atom is 1.00 e. The predicted octanol–water partition coefficient (Wildman–Crippen LogP) is -1.57. The van der Waals surface area contributed by atoms with E-state index in [4.69, 9.17) is 0 Å². The Morgan fingerprint density at radius 3 is 1.25 bits per heavy atom. The van der Waals surface area contributed by atoms with Gasteiger partial charge in [0, 0.05) is 0 Å². The number of rotatable bonds is 0. The molecule has 5 heteroatoms. The van der Waals surface area contributed by atoms with E-state index in [2.05, 4.69) is 0 Å². The molecule has 1 aliphatic rings. The summed E-state index contributed by atoms with van der Waals surface area (Å²) in [6, 6.07) is 0. The Morgan fingerprint density at radius 1 is 1.12 bits per heavy atom. The van der Waals surface area contributed by atoms with Gasteiger partial charge in [0.25, 0.3) is 0 Å². The molecule has 2 unspecified atom stereocenters.